The molecule has 1 atom stereocenters. The van der Waals surface area contributed by atoms with Crippen LogP contribution in [0.1, 0.15) is 62.2 Å². The molecule has 2 saturated heterocycles. The number of ether oxygens (including phenoxy) is 1. The topological polar surface area (TPSA) is 44.8 Å². The van der Waals surface area contributed by atoms with E-state index < -0.39 is 0 Å². The van der Waals surface area contributed by atoms with Crippen molar-refractivity contribution in [1.29, 1.82) is 0 Å². The molecule has 2 aliphatic heterocycles. The number of likely N-dealkylation sites (tertiary alicyclic amines) is 2. The number of fused-ring (bicyclic) bond motifs is 1. The molecule has 0 radical (unpaired) electrons. The first-order chi connectivity index (χ1) is 15.7. The summed E-state index contributed by atoms with van der Waals surface area (Å²) >= 11 is 0. The van der Waals surface area contributed by atoms with Gasteiger partial charge >= 0.3 is 0 Å². The zero-order chi connectivity index (χ0) is 22.2. The molecule has 0 spiro atoms. The zero-order valence-electron chi connectivity index (χ0n) is 19.7. The number of piperidine rings is 2. The molecule has 2 fully saturated rings. The highest BCUT2D eigenvalue weighted by Gasteiger charge is 2.17. The van der Waals surface area contributed by atoms with Crippen LogP contribution >= 0.6 is 0 Å². The molecule has 174 valence electrons. The van der Waals surface area contributed by atoms with Gasteiger partial charge in [-0.15, -0.1) is 0 Å². The second-order valence-corrected chi connectivity index (χ2v) is 9.46. The molecule has 0 aromatic heterocycles. The van der Waals surface area contributed by atoms with Crippen LogP contribution in [0.15, 0.2) is 36.4 Å². The second-order valence-electron chi connectivity index (χ2n) is 9.46. The minimum absolute atomic E-state index is 0.00889. The van der Waals surface area contributed by atoms with Crippen molar-refractivity contribution >= 4 is 16.7 Å². The van der Waals surface area contributed by atoms with E-state index in [0.29, 0.717) is 12.6 Å². The molecule has 0 aliphatic carbocycles. The van der Waals surface area contributed by atoms with Gasteiger partial charge in [0.1, 0.15) is 5.75 Å². The van der Waals surface area contributed by atoms with E-state index in [1.807, 2.05) is 24.3 Å². The molecule has 2 aliphatic rings. The number of benzene rings is 2. The van der Waals surface area contributed by atoms with Crippen LogP contribution < -0.4 is 10.1 Å². The largest absolute Gasteiger partial charge is 0.494 e. The summed E-state index contributed by atoms with van der Waals surface area (Å²) in [5.41, 5.74) is 0.722. The highest BCUT2D eigenvalue weighted by Crippen LogP contribution is 2.22. The molecule has 5 nitrogen and oxygen atoms in total. The summed E-state index contributed by atoms with van der Waals surface area (Å²) in [6.45, 7) is 9.42. The number of amides is 1. The number of hydrogen-bond donors (Lipinski definition) is 1. The Morgan fingerprint density at radius 3 is 2.59 bits per heavy atom. The van der Waals surface area contributed by atoms with Crippen molar-refractivity contribution in [3.8, 4) is 5.75 Å². The van der Waals surface area contributed by atoms with Gasteiger partial charge in [0, 0.05) is 31.2 Å². The summed E-state index contributed by atoms with van der Waals surface area (Å²) in [7, 11) is 0. The fraction of sp³-hybridized carbons (Fsp3) is 0.593. The third kappa shape index (κ3) is 6.46. The van der Waals surface area contributed by atoms with Crippen LogP contribution in [-0.2, 0) is 0 Å². The fourth-order valence-corrected chi connectivity index (χ4v) is 5.02. The number of carbonyl (C=O) groups is 1. The van der Waals surface area contributed by atoms with E-state index in [1.54, 1.807) is 0 Å². The average molecular weight is 438 g/mol. The maximum atomic E-state index is 12.6. The van der Waals surface area contributed by atoms with Gasteiger partial charge in [-0.3, -0.25) is 9.69 Å². The first-order valence-electron chi connectivity index (χ1n) is 12.6. The van der Waals surface area contributed by atoms with E-state index in [2.05, 4.69) is 34.2 Å². The van der Waals surface area contributed by atoms with Crippen molar-refractivity contribution in [3.63, 3.8) is 0 Å². The van der Waals surface area contributed by atoms with Crippen LogP contribution in [-0.4, -0.2) is 67.6 Å². The van der Waals surface area contributed by atoms with E-state index in [1.165, 1.54) is 51.6 Å². The van der Waals surface area contributed by atoms with Gasteiger partial charge in [-0.1, -0.05) is 25.0 Å². The molecular formula is C27H39N3O2. The van der Waals surface area contributed by atoms with Crippen LogP contribution in [0.3, 0.4) is 0 Å². The van der Waals surface area contributed by atoms with Gasteiger partial charge in [0.25, 0.3) is 5.91 Å². The summed E-state index contributed by atoms with van der Waals surface area (Å²) < 4.78 is 5.99. The normalized spacial score (nSPS) is 20.3. The quantitative estimate of drug-likeness (QED) is 0.578. The van der Waals surface area contributed by atoms with Crippen LogP contribution in [0.25, 0.3) is 10.8 Å². The second kappa shape index (κ2) is 11.7. The van der Waals surface area contributed by atoms with Gasteiger partial charge in [0.2, 0.25) is 0 Å². The van der Waals surface area contributed by atoms with Gasteiger partial charge in [-0.25, -0.2) is 0 Å². The standard InChI is InChI=1S/C27H39N3O2/c1-22-8-3-6-17-30(22)18-13-28-27(31)25-10-9-24-21-26(12-11-23(24)20-25)32-19-7-16-29-14-4-2-5-15-29/h9-12,20-22H,2-8,13-19H2,1H3,(H,28,31). The highest BCUT2D eigenvalue weighted by atomic mass is 16.5. The van der Waals surface area contributed by atoms with E-state index in [-0.39, 0.29) is 5.91 Å². The smallest absolute Gasteiger partial charge is 0.251 e. The lowest BCUT2D eigenvalue weighted by molar-refractivity contribution is 0.0938. The predicted octanol–water partition coefficient (Wildman–Crippen LogP) is 4.70. The summed E-state index contributed by atoms with van der Waals surface area (Å²) in [5.74, 6) is 0.915. The highest BCUT2D eigenvalue weighted by molar-refractivity contribution is 5.98. The number of rotatable bonds is 9. The Hall–Kier alpha value is -2.11. The third-order valence-corrected chi connectivity index (χ3v) is 7.04. The van der Waals surface area contributed by atoms with Crippen molar-refractivity contribution < 1.29 is 9.53 Å². The molecule has 1 N–H and O–H groups in total. The Labute approximate surface area is 193 Å². The zero-order valence-corrected chi connectivity index (χ0v) is 19.7. The van der Waals surface area contributed by atoms with Crippen molar-refractivity contribution in [2.45, 2.75) is 57.9 Å². The molecule has 0 bridgehead atoms. The lowest BCUT2D eigenvalue weighted by Crippen LogP contribution is -2.42. The maximum Gasteiger partial charge on any atom is 0.251 e. The van der Waals surface area contributed by atoms with Gasteiger partial charge in [0.05, 0.1) is 6.61 Å². The Bertz CT molecular complexity index is 878. The van der Waals surface area contributed by atoms with Crippen molar-refractivity contribution in [3.05, 3.63) is 42.0 Å². The number of carbonyl (C=O) groups excluding carboxylic acids is 1. The first kappa shape index (κ1) is 23.1. The molecular weight excluding hydrogens is 398 g/mol. The van der Waals surface area contributed by atoms with Crippen molar-refractivity contribution in [2.75, 3.05) is 45.9 Å². The number of hydrogen-bond acceptors (Lipinski definition) is 4. The van der Waals surface area contributed by atoms with Gasteiger partial charge in [-0.2, -0.15) is 0 Å². The van der Waals surface area contributed by atoms with Gasteiger partial charge < -0.3 is 15.0 Å². The monoisotopic (exact) mass is 437 g/mol. The minimum Gasteiger partial charge on any atom is -0.494 e. The van der Waals surface area contributed by atoms with Crippen LogP contribution in [0, 0.1) is 0 Å². The molecule has 2 aromatic rings. The molecule has 4 rings (SSSR count). The number of nitrogens with one attached hydrogen (secondary N) is 1. The van der Waals surface area contributed by atoms with Crippen molar-refractivity contribution in [2.24, 2.45) is 0 Å². The molecule has 1 unspecified atom stereocenters. The van der Waals surface area contributed by atoms with Gasteiger partial charge in [0.15, 0.2) is 0 Å². The lowest BCUT2D eigenvalue weighted by atomic mass is 10.0. The molecule has 32 heavy (non-hydrogen) atoms. The summed E-state index contributed by atoms with van der Waals surface area (Å²) in [6, 6.07) is 12.7. The van der Waals surface area contributed by atoms with Crippen LogP contribution in [0.4, 0.5) is 0 Å². The lowest BCUT2D eigenvalue weighted by Gasteiger charge is -2.33. The number of nitrogens with zero attached hydrogens (tertiary/aromatic N) is 2. The minimum atomic E-state index is 0.00889. The fourth-order valence-electron chi connectivity index (χ4n) is 5.02. The summed E-state index contributed by atoms with van der Waals surface area (Å²) in [4.78, 5) is 17.7. The third-order valence-electron chi connectivity index (χ3n) is 7.04. The molecule has 5 heteroatoms. The first-order valence-corrected chi connectivity index (χ1v) is 12.6. The van der Waals surface area contributed by atoms with Crippen molar-refractivity contribution in [1.82, 2.24) is 15.1 Å². The Morgan fingerprint density at radius 2 is 1.75 bits per heavy atom. The Morgan fingerprint density at radius 1 is 0.969 bits per heavy atom. The Kier molecular flexibility index (Phi) is 8.41. The predicted molar refractivity (Wildman–Crippen MR) is 132 cm³/mol. The van der Waals surface area contributed by atoms with E-state index in [9.17, 15) is 4.79 Å². The van der Waals surface area contributed by atoms with E-state index >= 15 is 0 Å². The molecule has 2 aromatic carbocycles. The molecule has 0 saturated carbocycles. The van der Waals surface area contributed by atoms with Gasteiger partial charge in [-0.05, 0) is 93.7 Å². The van der Waals surface area contributed by atoms with Crippen LogP contribution in [0.2, 0.25) is 0 Å². The molecule has 2 heterocycles. The van der Waals surface area contributed by atoms with Crippen LogP contribution in [0.5, 0.6) is 5.75 Å². The SMILES string of the molecule is CC1CCCCN1CCNC(=O)c1ccc2cc(OCCCN3CCCCC3)ccc2c1. The summed E-state index contributed by atoms with van der Waals surface area (Å²) in [5, 5.41) is 5.28. The average Bonchev–Trinajstić information content (AvgIpc) is 2.83. The Balaban J connectivity index is 1.24. The molecule has 1 amide bonds. The maximum absolute atomic E-state index is 12.6. The van der Waals surface area contributed by atoms with E-state index in [4.69, 9.17) is 4.74 Å². The summed E-state index contributed by atoms with van der Waals surface area (Å²) in [6.07, 6.45) is 8.98. The van der Waals surface area contributed by atoms with E-state index in [0.717, 1.165) is 54.7 Å².